The summed E-state index contributed by atoms with van der Waals surface area (Å²) in [7, 11) is 1.63. The number of aromatic nitrogens is 3. The van der Waals surface area contributed by atoms with E-state index in [2.05, 4.69) is 15.5 Å². The molecule has 0 aliphatic heterocycles. The van der Waals surface area contributed by atoms with E-state index >= 15 is 0 Å². The number of amides is 1. The highest BCUT2D eigenvalue weighted by atomic mass is 32.2. The van der Waals surface area contributed by atoms with Crippen molar-refractivity contribution < 1.29 is 14.3 Å². The molecule has 7 nitrogen and oxygen atoms in total. The van der Waals surface area contributed by atoms with Crippen LogP contribution in [-0.4, -0.2) is 40.1 Å². The molecule has 0 aliphatic rings. The number of benzene rings is 3. The lowest BCUT2D eigenvalue weighted by atomic mass is 10.1. The predicted molar refractivity (Wildman–Crippen MR) is 140 cm³/mol. The zero-order valence-corrected chi connectivity index (χ0v) is 21.1. The molecule has 0 bridgehead atoms. The molecule has 0 atom stereocenters. The van der Waals surface area contributed by atoms with E-state index in [9.17, 15) is 4.79 Å². The molecule has 0 aliphatic carbocycles. The van der Waals surface area contributed by atoms with Crippen molar-refractivity contribution in [3.8, 4) is 28.6 Å². The van der Waals surface area contributed by atoms with Crippen LogP contribution >= 0.6 is 11.8 Å². The Balaban J connectivity index is 1.61. The molecule has 8 heteroatoms. The molecule has 3 aromatic carbocycles. The molecule has 35 heavy (non-hydrogen) atoms. The minimum absolute atomic E-state index is 0.101. The molecule has 0 fully saturated rings. The van der Waals surface area contributed by atoms with Gasteiger partial charge in [-0.2, -0.15) is 0 Å². The molecule has 4 aromatic rings. The monoisotopic (exact) mass is 488 g/mol. The van der Waals surface area contributed by atoms with Gasteiger partial charge in [-0.25, -0.2) is 0 Å². The van der Waals surface area contributed by atoms with Crippen LogP contribution in [0.1, 0.15) is 18.1 Å². The Kier molecular flexibility index (Phi) is 7.72. The Morgan fingerprint density at radius 3 is 2.37 bits per heavy atom. The van der Waals surface area contributed by atoms with Crippen molar-refractivity contribution in [2.24, 2.45) is 0 Å². The highest BCUT2D eigenvalue weighted by molar-refractivity contribution is 7.99. The molecule has 180 valence electrons. The molecule has 1 aromatic heterocycles. The zero-order valence-electron chi connectivity index (χ0n) is 20.2. The van der Waals surface area contributed by atoms with Gasteiger partial charge < -0.3 is 14.8 Å². The van der Waals surface area contributed by atoms with E-state index in [0.29, 0.717) is 17.6 Å². The quantitative estimate of drug-likeness (QED) is 0.305. The van der Waals surface area contributed by atoms with Crippen molar-refractivity contribution in [2.75, 3.05) is 24.8 Å². The van der Waals surface area contributed by atoms with Gasteiger partial charge in [-0.05, 0) is 86.5 Å². The van der Waals surface area contributed by atoms with Crippen LogP contribution in [-0.2, 0) is 4.79 Å². The third kappa shape index (κ3) is 5.84. The number of nitrogens with one attached hydrogen (secondary N) is 1. The van der Waals surface area contributed by atoms with Crippen LogP contribution in [0.4, 0.5) is 5.69 Å². The molecule has 0 radical (unpaired) electrons. The maximum Gasteiger partial charge on any atom is 0.234 e. The van der Waals surface area contributed by atoms with Crippen molar-refractivity contribution in [3.63, 3.8) is 0 Å². The Bertz CT molecular complexity index is 1300. The van der Waals surface area contributed by atoms with Crippen LogP contribution in [0.5, 0.6) is 11.5 Å². The second-order valence-corrected chi connectivity index (χ2v) is 8.89. The third-order valence-corrected chi connectivity index (χ3v) is 6.32. The fourth-order valence-electron chi connectivity index (χ4n) is 3.57. The summed E-state index contributed by atoms with van der Waals surface area (Å²) in [5.74, 6) is 2.33. The van der Waals surface area contributed by atoms with E-state index in [1.165, 1.54) is 11.8 Å². The summed E-state index contributed by atoms with van der Waals surface area (Å²) in [6, 6.07) is 21.4. The van der Waals surface area contributed by atoms with Crippen molar-refractivity contribution in [1.82, 2.24) is 14.8 Å². The summed E-state index contributed by atoms with van der Waals surface area (Å²) in [5.41, 5.74) is 4.70. The Morgan fingerprint density at radius 1 is 0.971 bits per heavy atom. The largest absolute Gasteiger partial charge is 0.497 e. The van der Waals surface area contributed by atoms with Crippen molar-refractivity contribution in [2.45, 2.75) is 25.9 Å². The van der Waals surface area contributed by atoms with Gasteiger partial charge in [0, 0.05) is 16.9 Å². The summed E-state index contributed by atoms with van der Waals surface area (Å²) in [6.07, 6.45) is 0. The number of thioether (sulfide) groups is 1. The number of rotatable bonds is 9. The molecule has 0 saturated heterocycles. The first-order valence-electron chi connectivity index (χ1n) is 11.3. The van der Waals surface area contributed by atoms with Gasteiger partial charge in [-0.15, -0.1) is 10.2 Å². The summed E-state index contributed by atoms with van der Waals surface area (Å²) in [4.78, 5) is 12.7. The van der Waals surface area contributed by atoms with Crippen LogP contribution in [0, 0.1) is 13.8 Å². The van der Waals surface area contributed by atoms with E-state index in [4.69, 9.17) is 9.47 Å². The molecule has 1 heterocycles. The Hall–Kier alpha value is -3.78. The van der Waals surface area contributed by atoms with Crippen LogP contribution in [0.3, 0.4) is 0 Å². The lowest BCUT2D eigenvalue weighted by molar-refractivity contribution is -0.113. The first kappa shape index (κ1) is 24.3. The number of nitrogens with zero attached hydrogens (tertiary/aromatic N) is 3. The highest BCUT2D eigenvalue weighted by Crippen LogP contribution is 2.30. The molecular formula is C27H28N4O3S. The second-order valence-electron chi connectivity index (χ2n) is 7.95. The fraction of sp³-hybridized carbons (Fsp3) is 0.222. The number of hydrogen-bond acceptors (Lipinski definition) is 6. The SMILES string of the molecule is CCOc1ccc(-n2c(SCC(=O)Nc3cc(C)ccc3C)nnc2-c2ccc(OC)cc2)cc1. The average Bonchev–Trinajstić information content (AvgIpc) is 3.29. The van der Waals surface area contributed by atoms with Crippen LogP contribution < -0.4 is 14.8 Å². The number of ether oxygens (including phenoxy) is 2. The van der Waals surface area contributed by atoms with E-state index in [0.717, 1.165) is 39.6 Å². The predicted octanol–water partition coefficient (Wildman–Crippen LogP) is 5.69. The number of aryl methyl sites for hydroxylation is 2. The van der Waals surface area contributed by atoms with Gasteiger partial charge >= 0.3 is 0 Å². The van der Waals surface area contributed by atoms with Gasteiger partial charge in [0.25, 0.3) is 0 Å². The smallest absolute Gasteiger partial charge is 0.234 e. The number of carbonyl (C=O) groups excluding carboxylic acids is 1. The van der Waals surface area contributed by atoms with Crippen molar-refractivity contribution in [3.05, 3.63) is 77.9 Å². The second kappa shape index (κ2) is 11.1. The summed E-state index contributed by atoms with van der Waals surface area (Å²) in [6.45, 7) is 6.53. The first-order valence-corrected chi connectivity index (χ1v) is 12.3. The van der Waals surface area contributed by atoms with E-state index < -0.39 is 0 Å². The Labute approximate surface area is 209 Å². The van der Waals surface area contributed by atoms with Gasteiger partial charge in [-0.3, -0.25) is 9.36 Å². The lowest BCUT2D eigenvalue weighted by Crippen LogP contribution is -2.15. The molecule has 1 N–H and O–H groups in total. The maximum absolute atomic E-state index is 12.7. The van der Waals surface area contributed by atoms with E-state index in [1.807, 2.05) is 92.1 Å². The average molecular weight is 489 g/mol. The molecule has 1 amide bonds. The molecule has 4 rings (SSSR count). The molecule has 0 unspecified atom stereocenters. The minimum Gasteiger partial charge on any atom is -0.497 e. The Morgan fingerprint density at radius 2 is 1.69 bits per heavy atom. The van der Waals surface area contributed by atoms with Crippen LogP contribution in [0.15, 0.2) is 71.9 Å². The number of anilines is 1. The topological polar surface area (TPSA) is 78.3 Å². The summed E-state index contributed by atoms with van der Waals surface area (Å²) in [5, 5.41) is 12.5. The van der Waals surface area contributed by atoms with E-state index in [-0.39, 0.29) is 11.7 Å². The van der Waals surface area contributed by atoms with Crippen LogP contribution in [0.2, 0.25) is 0 Å². The van der Waals surface area contributed by atoms with Gasteiger partial charge in [-0.1, -0.05) is 23.9 Å². The van der Waals surface area contributed by atoms with E-state index in [1.54, 1.807) is 7.11 Å². The standard InChI is InChI=1S/C27H28N4O3S/c1-5-34-23-14-10-21(11-15-23)31-26(20-8-12-22(33-4)13-9-20)29-30-27(31)35-17-25(32)28-24-16-18(2)6-7-19(24)3/h6-16H,5,17H2,1-4H3,(H,28,32). The fourth-order valence-corrected chi connectivity index (χ4v) is 4.32. The maximum atomic E-state index is 12.7. The van der Waals surface area contributed by atoms with Crippen LogP contribution in [0.25, 0.3) is 17.1 Å². The lowest BCUT2D eigenvalue weighted by Gasteiger charge is -2.12. The van der Waals surface area contributed by atoms with Gasteiger partial charge in [0.15, 0.2) is 11.0 Å². The molecular weight excluding hydrogens is 460 g/mol. The van der Waals surface area contributed by atoms with Gasteiger partial charge in [0.2, 0.25) is 5.91 Å². The molecule has 0 saturated carbocycles. The van der Waals surface area contributed by atoms with Crippen molar-refractivity contribution in [1.29, 1.82) is 0 Å². The highest BCUT2D eigenvalue weighted by Gasteiger charge is 2.18. The first-order chi connectivity index (χ1) is 17.0. The zero-order chi connectivity index (χ0) is 24.8. The van der Waals surface area contributed by atoms with Crippen molar-refractivity contribution >= 4 is 23.4 Å². The minimum atomic E-state index is -0.101. The van der Waals surface area contributed by atoms with Gasteiger partial charge in [0.05, 0.1) is 19.5 Å². The molecule has 0 spiro atoms. The number of hydrogen-bond donors (Lipinski definition) is 1. The number of methoxy groups -OCH3 is 1. The van der Waals surface area contributed by atoms with Gasteiger partial charge in [0.1, 0.15) is 11.5 Å². The number of carbonyl (C=O) groups is 1. The summed E-state index contributed by atoms with van der Waals surface area (Å²) >= 11 is 1.34. The summed E-state index contributed by atoms with van der Waals surface area (Å²) < 4.78 is 12.8. The third-order valence-electron chi connectivity index (χ3n) is 5.39. The normalized spacial score (nSPS) is 10.7.